The molecular formula is C29H36N2O2S. The van der Waals surface area contributed by atoms with E-state index in [4.69, 9.17) is 4.42 Å². The number of carbonyl (C=O) groups is 1. The van der Waals surface area contributed by atoms with Gasteiger partial charge in [0, 0.05) is 36.8 Å². The largest absolute Gasteiger partial charge is 0.455 e. The molecule has 0 saturated carbocycles. The average molecular weight is 477 g/mol. The van der Waals surface area contributed by atoms with E-state index in [0.29, 0.717) is 24.6 Å². The summed E-state index contributed by atoms with van der Waals surface area (Å²) in [5.41, 5.74) is 6.53. The van der Waals surface area contributed by atoms with Crippen LogP contribution in [0.1, 0.15) is 59.3 Å². The fourth-order valence-electron chi connectivity index (χ4n) is 4.31. The molecule has 0 spiro atoms. The number of aryl methyl sites for hydroxylation is 3. The van der Waals surface area contributed by atoms with Gasteiger partial charge in [-0.05, 0) is 72.7 Å². The Hall–Kier alpha value is -2.66. The monoisotopic (exact) mass is 476 g/mol. The molecule has 5 heteroatoms. The SMILES string of the molecule is Cc1ccc(C)c(N2CCN(C(=O)c3ccc(CSc4cc(C(C)(C)C)ccc4C)o3)CC2)c1. The fourth-order valence-corrected chi connectivity index (χ4v) is 5.27. The summed E-state index contributed by atoms with van der Waals surface area (Å²) in [6.07, 6.45) is 0. The Morgan fingerprint density at radius 2 is 1.62 bits per heavy atom. The van der Waals surface area contributed by atoms with Crippen molar-refractivity contribution in [3.8, 4) is 0 Å². The molecule has 34 heavy (non-hydrogen) atoms. The van der Waals surface area contributed by atoms with Gasteiger partial charge < -0.3 is 14.2 Å². The van der Waals surface area contributed by atoms with E-state index in [-0.39, 0.29) is 11.3 Å². The summed E-state index contributed by atoms with van der Waals surface area (Å²) in [6, 6.07) is 17.0. The Morgan fingerprint density at radius 3 is 2.32 bits per heavy atom. The van der Waals surface area contributed by atoms with Gasteiger partial charge >= 0.3 is 0 Å². The van der Waals surface area contributed by atoms with Gasteiger partial charge in [0.1, 0.15) is 5.76 Å². The second-order valence-corrected chi connectivity index (χ2v) is 11.4. The number of hydrogen-bond donors (Lipinski definition) is 0. The molecule has 0 unspecified atom stereocenters. The first-order valence-corrected chi connectivity index (χ1v) is 13.0. The smallest absolute Gasteiger partial charge is 0.289 e. The highest BCUT2D eigenvalue weighted by Crippen LogP contribution is 2.32. The number of piperazine rings is 1. The summed E-state index contributed by atoms with van der Waals surface area (Å²) in [5, 5.41) is 0. The molecule has 180 valence electrons. The van der Waals surface area contributed by atoms with E-state index in [1.165, 1.54) is 32.8 Å². The zero-order valence-electron chi connectivity index (χ0n) is 21.3. The predicted octanol–water partition coefficient (Wildman–Crippen LogP) is 6.76. The first-order chi connectivity index (χ1) is 16.1. The zero-order chi connectivity index (χ0) is 24.5. The van der Waals surface area contributed by atoms with E-state index in [0.717, 1.165) is 18.8 Å². The standard InChI is InChI=1S/C29H36N2O2S/c1-20-7-8-21(2)25(17-20)30-13-15-31(16-14-30)28(32)26-12-11-24(33-26)19-34-27-18-23(29(4,5)6)10-9-22(27)3/h7-12,17-18H,13-16,19H2,1-6H3. The summed E-state index contributed by atoms with van der Waals surface area (Å²) in [5.74, 6) is 1.98. The summed E-state index contributed by atoms with van der Waals surface area (Å²) in [4.78, 5) is 18.6. The van der Waals surface area contributed by atoms with Gasteiger partial charge in [-0.3, -0.25) is 4.79 Å². The van der Waals surface area contributed by atoms with Crippen LogP contribution >= 0.6 is 11.8 Å². The molecule has 0 bridgehead atoms. The molecule has 0 atom stereocenters. The third-order valence-corrected chi connectivity index (χ3v) is 7.75. The lowest BCUT2D eigenvalue weighted by molar-refractivity contribution is 0.0713. The molecule has 1 aromatic heterocycles. The number of benzene rings is 2. The highest BCUT2D eigenvalue weighted by molar-refractivity contribution is 7.98. The third kappa shape index (κ3) is 5.52. The molecule has 3 aromatic rings. The van der Waals surface area contributed by atoms with Gasteiger partial charge in [-0.25, -0.2) is 0 Å². The average Bonchev–Trinajstić information content (AvgIpc) is 3.28. The third-order valence-electron chi connectivity index (χ3n) is 6.57. The number of amides is 1. The fraction of sp³-hybridized carbons (Fsp3) is 0.414. The second kappa shape index (κ2) is 9.91. The van der Waals surface area contributed by atoms with Crippen molar-refractivity contribution in [3.63, 3.8) is 0 Å². The van der Waals surface area contributed by atoms with Crippen LogP contribution in [-0.2, 0) is 11.2 Å². The van der Waals surface area contributed by atoms with Crippen molar-refractivity contribution in [1.29, 1.82) is 0 Å². The first kappa shape index (κ1) is 24.5. The maximum Gasteiger partial charge on any atom is 0.289 e. The van der Waals surface area contributed by atoms with Crippen molar-refractivity contribution in [3.05, 3.63) is 82.3 Å². The Morgan fingerprint density at radius 1 is 0.912 bits per heavy atom. The van der Waals surface area contributed by atoms with Crippen LogP contribution in [0.3, 0.4) is 0 Å². The summed E-state index contributed by atoms with van der Waals surface area (Å²) in [7, 11) is 0. The van der Waals surface area contributed by atoms with E-state index in [1.54, 1.807) is 11.8 Å². The van der Waals surface area contributed by atoms with Crippen molar-refractivity contribution in [2.24, 2.45) is 0 Å². The van der Waals surface area contributed by atoms with Gasteiger partial charge in [-0.15, -0.1) is 11.8 Å². The van der Waals surface area contributed by atoms with Crippen LogP contribution < -0.4 is 4.90 Å². The molecule has 1 fully saturated rings. The van der Waals surface area contributed by atoms with Crippen molar-refractivity contribution in [1.82, 2.24) is 4.90 Å². The van der Waals surface area contributed by atoms with Crippen LogP contribution in [0.2, 0.25) is 0 Å². The van der Waals surface area contributed by atoms with Crippen molar-refractivity contribution in [2.75, 3.05) is 31.1 Å². The minimum atomic E-state index is -0.0113. The molecule has 1 aliphatic rings. The molecular weight excluding hydrogens is 440 g/mol. The van der Waals surface area contributed by atoms with Crippen LogP contribution in [0.5, 0.6) is 0 Å². The van der Waals surface area contributed by atoms with Gasteiger partial charge in [-0.2, -0.15) is 0 Å². The minimum absolute atomic E-state index is 0.0113. The lowest BCUT2D eigenvalue weighted by Crippen LogP contribution is -2.49. The van der Waals surface area contributed by atoms with Crippen molar-refractivity contribution in [2.45, 2.75) is 57.6 Å². The highest BCUT2D eigenvalue weighted by atomic mass is 32.2. The number of hydrogen-bond acceptors (Lipinski definition) is 4. The van der Waals surface area contributed by atoms with E-state index in [2.05, 4.69) is 82.8 Å². The van der Waals surface area contributed by atoms with Gasteiger partial charge in [0.15, 0.2) is 5.76 Å². The molecule has 0 N–H and O–H groups in total. The van der Waals surface area contributed by atoms with Crippen molar-refractivity contribution < 1.29 is 9.21 Å². The molecule has 1 saturated heterocycles. The Balaban J connectivity index is 1.36. The Bertz CT molecular complexity index is 1170. The predicted molar refractivity (Wildman–Crippen MR) is 142 cm³/mol. The van der Waals surface area contributed by atoms with Crippen LogP contribution in [0.4, 0.5) is 5.69 Å². The molecule has 0 aliphatic carbocycles. The minimum Gasteiger partial charge on any atom is -0.455 e. The molecule has 2 heterocycles. The normalized spacial score (nSPS) is 14.5. The zero-order valence-corrected chi connectivity index (χ0v) is 22.1. The summed E-state index contributed by atoms with van der Waals surface area (Å²) < 4.78 is 5.98. The van der Waals surface area contributed by atoms with Crippen LogP contribution in [0, 0.1) is 20.8 Å². The summed E-state index contributed by atoms with van der Waals surface area (Å²) in [6.45, 7) is 16.2. The van der Waals surface area contributed by atoms with E-state index >= 15 is 0 Å². The number of nitrogens with zero attached hydrogens (tertiary/aromatic N) is 2. The van der Waals surface area contributed by atoms with Crippen molar-refractivity contribution >= 4 is 23.4 Å². The highest BCUT2D eigenvalue weighted by Gasteiger charge is 2.25. The molecule has 1 aliphatic heterocycles. The van der Waals surface area contributed by atoms with Gasteiger partial charge in [0.05, 0.1) is 5.75 Å². The molecule has 4 nitrogen and oxygen atoms in total. The quantitative estimate of drug-likeness (QED) is 0.381. The first-order valence-electron chi connectivity index (χ1n) is 12.1. The van der Waals surface area contributed by atoms with Gasteiger partial charge in [0.2, 0.25) is 0 Å². The lowest BCUT2D eigenvalue weighted by Gasteiger charge is -2.36. The lowest BCUT2D eigenvalue weighted by atomic mass is 9.87. The number of thioether (sulfide) groups is 1. The Labute approximate surface area is 208 Å². The van der Waals surface area contributed by atoms with E-state index < -0.39 is 0 Å². The molecule has 1 amide bonds. The number of rotatable bonds is 5. The maximum atomic E-state index is 13.1. The molecule has 2 aromatic carbocycles. The molecule has 0 radical (unpaired) electrons. The summed E-state index contributed by atoms with van der Waals surface area (Å²) >= 11 is 1.77. The van der Waals surface area contributed by atoms with Gasteiger partial charge in [-0.1, -0.05) is 45.0 Å². The van der Waals surface area contributed by atoms with E-state index in [1.807, 2.05) is 17.0 Å². The maximum absolute atomic E-state index is 13.1. The van der Waals surface area contributed by atoms with Gasteiger partial charge in [0.25, 0.3) is 5.91 Å². The van der Waals surface area contributed by atoms with Crippen LogP contribution in [0.15, 0.2) is 57.8 Å². The van der Waals surface area contributed by atoms with Crippen LogP contribution in [-0.4, -0.2) is 37.0 Å². The molecule has 4 rings (SSSR count). The topological polar surface area (TPSA) is 36.7 Å². The number of furan rings is 1. The van der Waals surface area contributed by atoms with E-state index in [9.17, 15) is 4.79 Å². The Kier molecular flexibility index (Phi) is 7.13. The van der Waals surface area contributed by atoms with Crippen LogP contribution in [0.25, 0.3) is 0 Å². The second-order valence-electron chi connectivity index (χ2n) is 10.4. The number of carbonyl (C=O) groups excluding carboxylic acids is 1. The number of anilines is 1.